The molecule has 198 valence electrons. The smallest absolute Gasteiger partial charge is 0.304 e. The maximum atomic E-state index is 11.5. The molecule has 0 aliphatic carbocycles. The minimum Gasteiger partial charge on any atom is -0.489 e. The van der Waals surface area contributed by atoms with Crippen LogP contribution in [-0.4, -0.2) is 29.3 Å². The molecule has 0 heterocycles. The van der Waals surface area contributed by atoms with Gasteiger partial charge in [-0.15, -0.1) is 0 Å². The molecule has 5 nitrogen and oxygen atoms in total. The first-order chi connectivity index (χ1) is 18.4. The largest absolute Gasteiger partial charge is 0.489 e. The van der Waals surface area contributed by atoms with Gasteiger partial charge in [0.2, 0.25) is 0 Å². The Morgan fingerprint density at radius 1 is 0.868 bits per heavy atom. The molecule has 4 aromatic rings. The summed E-state index contributed by atoms with van der Waals surface area (Å²) in [6, 6.07) is 35.1. The first-order valence-corrected chi connectivity index (χ1v) is 13.3. The Balaban J connectivity index is 0.000000279. The second kappa shape index (κ2) is 15.1. The van der Waals surface area contributed by atoms with Gasteiger partial charge in [0.1, 0.15) is 12.4 Å². The Hall–Kier alpha value is -3.45. The lowest BCUT2D eigenvalue weighted by molar-refractivity contribution is -0.137. The molecule has 0 saturated heterocycles. The molecule has 4 rings (SSSR count). The van der Waals surface area contributed by atoms with E-state index in [0.29, 0.717) is 12.4 Å². The maximum Gasteiger partial charge on any atom is 0.304 e. The van der Waals surface area contributed by atoms with Gasteiger partial charge < -0.3 is 20.3 Å². The van der Waals surface area contributed by atoms with Crippen LogP contribution in [0, 0.1) is 0 Å². The fourth-order valence-corrected chi connectivity index (χ4v) is 4.40. The molecule has 0 aromatic heterocycles. The Morgan fingerprint density at radius 2 is 1.42 bits per heavy atom. The zero-order valence-corrected chi connectivity index (χ0v) is 23.2. The van der Waals surface area contributed by atoms with Crippen molar-refractivity contribution in [3.05, 3.63) is 136 Å². The molecule has 0 fully saturated rings. The lowest BCUT2D eigenvalue weighted by Gasteiger charge is -2.20. The van der Waals surface area contributed by atoms with Crippen LogP contribution in [0.15, 0.2) is 114 Å². The van der Waals surface area contributed by atoms with Crippen LogP contribution in [0.4, 0.5) is 0 Å². The Morgan fingerprint density at radius 3 is 1.97 bits per heavy atom. The van der Waals surface area contributed by atoms with Crippen molar-refractivity contribution in [2.45, 2.75) is 38.0 Å². The van der Waals surface area contributed by atoms with Crippen LogP contribution in [0.2, 0.25) is 0 Å². The average Bonchev–Trinajstić information content (AvgIpc) is 2.96. The predicted molar refractivity (Wildman–Crippen MR) is 155 cm³/mol. The number of benzene rings is 4. The van der Waals surface area contributed by atoms with Gasteiger partial charge in [-0.25, -0.2) is 0 Å². The normalized spacial score (nSPS) is 12.9. The molecule has 0 aliphatic rings. The second-order valence-corrected chi connectivity index (χ2v) is 9.87. The van der Waals surface area contributed by atoms with Gasteiger partial charge in [-0.05, 0) is 48.9 Å². The number of hydrogen-bond donors (Lipinski definition) is 3. The molecule has 0 spiro atoms. The van der Waals surface area contributed by atoms with E-state index < -0.39 is 12.1 Å². The lowest BCUT2D eigenvalue weighted by Crippen LogP contribution is -2.28. The number of carbonyl (C=O) groups is 1. The van der Waals surface area contributed by atoms with E-state index in [1.807, 2.05) is 123 Å². The molecule has 6 heteroatoms. The SMILES string of the molecule is CNC(C)C(O)c1ccccc1.O=C(O)C[C@@H](c1ccccc1)c1cc(Br)ccc1OCc1ccccc1. The quantitative estimate of drug-likeness (QED) is 0.190. The monoisotopic (exact) mass is 575 g/mol. The first kappa shape index (κ1) is 29.1. The first-order valence-electron chi connectivity index (χ1n) is 12.5. The number of rotatable bonds is 10. The summed E-state index contributed by atoms with van der Waals surface area (Å²) in [6.45, 7) is 2.39. The third-order valence-corrected chi connectivity index (χ3v) is 6.73. The topological polar surface area (TPSA) is 78.8 Å². The zero-order chi connectivity index (χ0) is 27.3. The van der Waals surface area contributed by atoms with E-state index in [-0.39, 0.29) is 18.4 Å². The Labute approximate surface area is 233 Å². The van der Waals surface area contributed by atoms with Crippen molar-refractivity contribution < 1.29 is 19.7 Å². The van der Waals surface area contributed by atoms with Gasteiger partial charge >= 0.3 is 5.97 Å². The number of likely N-dealkylation sites (N-methyl/N-ethyl adjacent to an activating group) is 1. The van der Waals surface area contributed by atoms with Crippen molar-refractivity contribution in [1.82, 2.24) is 5.32 Å². The van der Waals surface area contributed by atoms with Gasteiger partial charge in [0.15, 0.2) is 0 Å². The summed E-state index contributed by atoms with van der Waals surface area (Å²) < 4.78 is 6.94. The molecule has 38 heavy (non-hydrogen) atoms. The van der Waals surface area contributed by atoms with E-state index in [0.717, 1.165) is 26.7 Å². The number of halogens is 1. The standard InChI is InChI=1S/C22H19BrO3.C10H15NO/c23-18-11-12-21(26-15-16-7-3-1-4-8-16)20(13-18)19(14-22(24)25)17-9-5-2-6-10-17;1-8(11-2)10(12)9-6-4-3-5-7-9/h1-13,19H,14-15H2,(H,24,25);3-8,10-12H,1-2H3/t19-;/m0./s1. The van der Waals surface area contributed by atoms with E-state index in [1.54, 1.807) is 0 Å². The highest BCUT2D eigenvalue weighted by Crippen LogP contribution is 2.36. The molecular formula is C32H34BrNO4. The molecule has 0 radical (unpaired) electrons. The average molecular weight is 577 g/mol. The predicted octanol–water partition coefficient (Wildman–Crippen LogP) is 6.96. The van der Waals surface area contributed by atoms with Gasteiger partial charge in [-0.1, -0.05) is 107 Å². The summed E-state index contributed by atoms with van der Waals surface area (Å²) in [5, 5.41) is 22.2. The van der Waals surface area contributed by atoms with Crippen molar-refractivity contribution in [2.24, 2.45) is 0 Å². The van der Waals surface area contributed by atoms with E-state index in [9.17, 15) is 15.0 Å². The van der Waals surface area contributed by atoms with Crippen molar-refractivity contribution >= 4 is 21.9 Å². The molecule has 0 amide bonds. The van der Waals surface area contributed by atoms with Crippen molar-refractivity contribution in [1.29, 1.82) is 0 Å². The number of aliphatic carboxylic acids is 1. The van der Waals surface area contributed by atoms with Crippen LogP contribution in [0.5, 0.6) is 5.75 Å². The van der Waals surface area contributed by atoms with E-state index in [4.69, 9.17) is 4.74 Å². The van der Waals surface area contributed by atoms with Crippen LogP contribution >= 0.6 is 15.9 Å². The molecule has 3 atom stereocenters. The number of carboxylic acid groups (broad SMARTS) is 1. The number of carboxylic acids is 1. The van der Waals surface area contributed by atoms with Gasteiger partial charge in [0.05, 0.1) is 12.5 Å². The van der Waals surface area contributed by atoms with Gasteiger partial charge in [-0.3, -0.25) is 4.79 Å². The Bertz CT molecular complexity index is 1250. The molecule has 3 N–H and O–H groups in total. The van der Waals surface area contributed by atoms with Gasteiger partial charge in [0, 0.05) is 22.0 Å². The number of ether oxygens (including phenoxy) is 1. The van der Waals surface area contributed by atoms with Crippen LogP contribution in [0.3, 0.4) is 0 Å². The summed E-state index contributed by atoms with van der Waals surface area (Å²) >= 11 is 3.50. The summed E-state index contributed by atoms with van der Waals surface area (Å²) in [4.78, 5) is 11.5. The summed E-state index contributed by atoms with van der Waals surface area (Å²) in [7, 11) is 1.84. The summed E-state index contributed by atoms with van der Waals surface area (Å²) in [5.41, 5.74) is 3.84. The van der Waals surface area contributed by atoms with Gasteiger partial charge in [-0.2, -0.15) is 0 Å². The van der Waals surface area contributed by atoms with Crippen LogP contribution in [0.25, 0.3) is 0 Å². The zero-order valence-electron chi connectivity index (χ0n) is 21.6. The van der Waals surface area contributed by atoms with Crippen molar-refractivity contribution in [3.63, 3.8) is 0 Å². The van der Waals surface area contributed by atoms with E-state index in [2.05, 4.69) is 21.2 Å². The summed E-state index contributed by atoms with van der Waals surface area (Å²) in [6.07, 6.45) is -0.418. The summed E-state index contributed by atoms with van der Waals surface area (Å²) in [5.74, 6) is -0.419. The molecular weight excluding hydrogens is 542 g/mol. The fourth-order valence-electron chi connectivity index (χ4n) is 4.02. The van der Waals surface area contributed by atoms with Crippen LogP contribution in [0.1, 0.15) is 47.6 Å². The number of aliphatic hydroxyl groups is 1. The lowest BCUT2D eigenvalue weighted by atomic mass is 9.88. The third-order valence-electron chi connectivity index (χ3n) is 6.24. The number of aliphatic hydroxyl groups excluding tert-OH is 1. The van der Waals surface area contributed by atoms with E-state index in [1.165, 1.54) is 0 Å². The number of nitrogens with one attached hydrogen (secondary N) is 1. The van der Waals surface area contributed by atoms with Crippen molar-refractivity contribution in [3.8, 4) is 5.75 Å². The second-order valence-electron chi connectivity index (χ2n) is 8.95. The molecule has 0 bridgehead atoms. The fraction of sp³-hybridized carbons (Fsp3) is 0.219. The minimum absolute atomic E-state index is 0.00215. The highest BCUT2D eigenvalue weighted by atomic mass is 79.9. The molecule has 0 saturated carbocycles. The maximum absolute atomic E-state index is 11.5. The van der Waals surface area contributed by atoms with Gasteiger partial charge in [0.25, 0.3) is 0 Å². The molecule has 2 unspecified atom stereocenters. The highest BCUT2D eigenvalue weighted by molar-refractivity contribution is 9.10. The third kappa shape index (κ3) is 8.84. The number of hydrogen-bond acceptors (Lipinski definition) is 4. The van der Waals surface area contributed by atoms with E-state index >= 15 is 0 Å². The van der Waals surface area contributed by atoms with Crippen LogP contribution < -0.4 is 10.1 Å². The molecule has 0 aliphatic heterocycles. The minimum atomic E-state index is -0.840. The van der Waals surface area contributed by atoms with Crippen LogP contribution in [-0.2, 0) is 11.4 Å². The highest BCUT2D eigenvalue weighted by Gasteiger charge is 2.22. The Kier molecular flexibility index (Phi) is 11.6. The molecule has 4 aromatic carbocycles. The van der Waals surface area contributed by atoms with Crippen molar-refractivity contribution in [2.75, 3.05) is 7.05 Å².